The van der Waals surface area contributed by atoms with E-state index in [1.54, 1.807) is 15.4 Å². The van der Waals surface area contributed by atoms with Crippen LogP contribution in [-0.4, -0.2) is 48.2 Å². The molecule has 2 atom stereocenters. The lowest BCUT2D eigenvalue weighted by molar-refractivity contribution is -0.131. The van der Waals surface area contributed by atoms with Gasteiger partial charge in [0.25, 0.3) is 5.56 Å². The molecule has 5 aromatic rings. The van der Waals surface area contributed by atoms with Crippen LogP contribution in [0.2, 0.25) is 0 Å². The number of aryl methyl sites for hydroxylation is 1. The third-order valence-corrected chi connectivity index (χ3v) is 8.93. The van der Waals surface area contributed by atoms with E-state index in [1.165, 1.54) is 5.39 Å². The summed E-state index contributed by atoms with van der Waals surface area (Å²) in [5, 5.41) is 6.02. The van der Waals surface area contributed by atoms with Crippen LogP contribution in [-0.2, 0) is 11.8 Å². The van der Waals surface area contributed by atoms with Gasteiger partial charge in [-0.1, -0.05) is 24.3 Å². The Morgan fingerprint density at radius 2 is 1.89 bits per heavy atom. The molecular formula is C30H28N6O2. The maximum absolute atomic E-state index is 13.8. The summed E-state index contributed by atoms with van der Waals surface area (Å²) in [5.74, 6) is 1.47. The second-order valence-electron chi connectivity index (χ2n) is 11.3. The maximum Gasteiger partial charge on any atom is 0.269 e. The minimum atomic E-state index is -0.0929. The van der Waals surface area contributed by atoms with Crippen molar-refractivity contribution in [2.24, 2.45) is 18.4 Å². The first-order chi connectivity index (χ1) is 18.5. The Labute approximate surface area is 218 Å². The third kappa shape index (κ3) is 3.22. The number of likely N-dealkylation sites (tertiary alicyclic amines) is 1. The average Bonchev–Trinajstić information content (AvgIpc) is 3.74. The summed E-state index contributed by atoms with van der Waals surface area (Å²) in [6.07, 6.45) is 7.53. The molecule has 1 spiro atoms. The number of aromatic nitrogens is 5. The van der Waals surface area contributed by atoms with Crippen LogP contribution < -0.4 is 5.56 Å². The topological polar surface area (TPSA) is 88.8 Å². The summed E-state index contributed by atoms with van der Waals surface area (Å²) >= 11 is 0. The fourth-order valence-electron chi connectivity index (χ4n) is 6.45. The summed E-state index contributed by atoms with van der Waals surface area (Å²) in [7, 11) is 1.83. The standard InChI is InChI=1S/C30H28N6O2/c1-34-26-23(16-32-34)29(38)36(22-8-6-18(7-9-22)21-5-2-19-10-12-31-25(19)14-21)27(33-26)24-15-30(24)11-13-35(17-30)28(37)20-3-4-20/h2,5-10,12,14,16,20,24,31H,3-4,11,13,15,17H2,1H3/t24-,30+/m0/s1. The number of hydrogen-bond donors (Lipinski definition) is 1. The average molecular weight is 505 g/mol. The van der Waals surface area contributed by atoms with Gasteiger partial charge in [0.15, 0.2) is 5.65 Å². The normalized spacial score (nSPS) is 22.7. The van der Waals surface area contributed by atoms with E-state index in [0.717, 1.165) is 66.9 Å². The van der Waals surface area contributed by atoms with Crippen molar-refractivity contribution in [3.05, 3.63) is 77.1 Å². The van der Waals surface area contributed by atoms with Crippen LogP contribution in [0.25, 0.3) is 38.8 Å². The number of amides is 1. The lowest BCUT2D eigenvalue weighted by Gasteiger charge is -2.18. The van der Waals surface area contributed by atoms with E-state index in [2.05, 4.69) is 51.4 Å². The zero-order valence-corrected chi connectivity index (χ0v) is 21.2. The molecule has 38 heavy (non-hydrogen) atoms. The Kier molecular flexibility index (Phi) is 4.40. The van der Waals surface area contributed by atoms with Crippen molar-refractivity contribution in [2.45, 2.75) is 31.6 Å². The molecule has 4 heterocycles. The number of carbonyl (C=O) groups excluding carboxylic acids is 1. The van der Waals surface area contributed by atoms with E-state index in [9.17, 15) is 9.59 Å². The number of rotatable bonds is 4. The zero-order chi connectivity index (χ0) is 25.6. The third-order valence-electron chi connectivity index (χ3n) is 8.93. The molecule has 1 saturated heterocycles. The highest BCUT2D eigenvalue weighted by molar-refractivity contribution is 5.85. The quantitative estimate of drug-likeness (QED) is 0.393. The Morgan fingerprint density at radius 3 is 2.71 bits per heavy atom. The van der Waals surface area contributed by atoms with Crippen LogP contribution in [0, 0.1) is 11.3 Å². The number of aromatic amines is 1. The minimum absolute atomic E-state index is 0.0173. The van der Waals surface area contributed by atoms with E-state index in [-0.39, 0.29) is 22.8 Å². The first-order valence-electron chi connectivity index (χ1n) is 13.4. The molecule has 3 fully saturated rings. The second-order valence-corrected chi connectivity index (χ2v) is 11.3. The molecule has 1 amide bonds. The van der Waals surface area contributed by atoms with Crippen molar-refractivity contribution in [3.8, 4) is 16.8 Å². The van der Waals surface area contributed by atoms with Crippen molar-refractivity contribution >= 4 is 27.8 Å². The number of nitrogens with zero attached hydrogens (tertiary/aromatic N) is 5. The number of carbonyl (C=O) groups is 1. The Balaban J connectivity index is 1.19. The van der Waals surface area contributed by atoms with Crippen LogP contribution in [0.3, 0.4) is 0 Å². The van der Waals surface area contributed by atoms with Gasteiger partial charge in [-0.2, -0.15) is 5.10 Å². The molecule has 0 radical (unpaired) electrons. The highest BCUT2D eigenvalue weighted by atomic mass is 16.2. The number of H-pyrrole nitrogens is 1. The molecule has 2 saturated carbocycles. The molecule has 0 unspecified atom stereocenters. The van der Waals surface area contributed by atoms with Gasteiger partial charge < -0.3 is 9.88 Å². The number of nitrogens with one attached hydrogen (secondary N) is 1. The van der Waals surface area contributed by atoms with Gasteiger partial charge in [0.05, 0.1) is 11.9 Å². The molecule has 1 N–H and O–H groups in total. The smallest absolute Gasteiger partial charge is 0.269 e. The molecule has 190 valence electrons. The fraction of sp³-hybridized carbons (Fsp3) is 0.333. The van der Waals surface area contributed by atoms with Gasteiger partial charge in [-0.3, -0.25) is 18.8 Å². The van der Waals surface area contributed by atoms with Gasteiger partial charge >= 0.3 is 0 Å². The van der Waals surface area contributed by atoms with Crippen molar-refractivity contribution < 1.29 is 4.79 Å². The van der Waals surface area contributed by atoms with Gasteiger partial charge in [0.2, 0.25) is 5.91 Å². The van der Waals surface area contributed by atoms with Gasteiger partial charge in [0, 0.05) is 49.1 Å². The summed E-state index contributed by atoms with van der Waals surface area (Å²) in [4.78, 5) is 36.9. The Bertz CT molecular complexity index is 1810. The largest absolute Gasteiger partial charge is 0.361 e. The monoisotopic (exact) mass is 504 g/mol. The lowest BCUT2D eigenvalue weighted by atomic mass is 10.0. The van der Waals surface area contributed by atoms with Crippen LogP contribution in [0.5, 0.6) is 0 Å². The number of benzene rings is 2. The molecule has 3 aliphatic rings. The minimum Gasteiger partial charge on any atom is -0.361 e. The highest BCUT2D eigenvalue weighted by Gasteiger charge is 2.61. The summed E-state index contributed by atoms with van der Waals surface area (Å²) in [6, 6.07) is 16.6. The zero-order valence-electron chi connectivity index (χ0n) is 21.2. The van der Waals surface area contributed by atoms with Crippen molar-refractivity contribution in [1.29, 1.82) is 0 Å². The first-order valence-corrected chi connectivity index (χ1v) is 13.4. The molecule has 1 aliphatic heterocycles. The molecule has 8 rings (SSSR count). The van der Waals surface area contributed by atoms with Gasteiger partial charge in [-0.25, -0.2) is 4.98 Å². The van der Waals surface area contributed by atoms with E-state index in [0.29, 0.717) is 16.9 Å². The van der Waals surface area contributed by atoms with Crippen LogP contribution in [0.15, 0.2) is 65.7 Å². The fourth-order valence-corrected chi connectivity index (χ4v) is 6.45. The van der Waals surface area contributed by atoms with Crippen LogP contribution in [0.4, 0.5) is 0 Å². The molecule has 8 nitrogen and oxygen atoms in total. The van der Waals surface area contributed by atoms with Gasteiger partial charge in [-0.15, -0.1) is 0 Å². The van der Waals surface area contributed by atoms with E-state index in [1.807, 2.05) is 25.4 Å². The van der Waals surface area contributed by atoms with Gasteiger partial charge in [-0.05, 0) is 66.5 Å². The van der Waals surface area contributed by atoms with Crippen LogP contribution in [0.1, 0.15) is 37.4 Å². The molecule has 3 aromatic heterocycles. The summed E-state index contributed by atoms with van der Waals surface area (Å²) < 4.78 is 3.46. The predicted molar refractivity (Wildman–Crippen MR) is 145 cm³/mol. The summed E-state index contributed by atoms with van der Waals surface area (Å²) in [5.41, 5.74) is 4.65. The molecule has 0 bridgehead atoms. The summed E-state index contributed by atoms with van der Waals surface area (Å²) in [6.45, 7) is 1.58. The molecule has 2 aromatic carbocycles. The molecule has 8 heteroatoms. The second kappa shape index (κ2) is 7.66. The SMILES string of the molecule is Cn1ncc2c(=O)n(-c3ccc(-c4ccc5cc[nH]c5c4)cc3)c([C@@H]3C[C@@]34CCN(C(=O)C3CC3)C4)nc21. The Morgan fingerprint density at radius 1 is 1.08 bits per heavy atom. The van der Waals surface area contributed by atoms with E-state index < -0.39 is 0 Å². The maximum atomic E-state index is 13.8. The Hall–Kier alpha value is -4.20. The number of fused-ring (bicyclic) bond motifs is 2. The lowest BCUT2D eigenvalue weighted by Crippen LogP contribution is -2.30. The first kappa shape index (κ1) is 21.8. The van der Waals surface area contributed by atoms with E-state index in [4.69, 9.17) is 4.98 Å². The van der Waals surface area contributed by atoms with Crippen molar-refractivity contribution in [2.75, 3.05) is 13.1 Å². The molecular weight excluding hydrogens is 476 g/mol. The molecule has 2 aliphatic carbocycles. The van der Waals surface area contributed by atoms with Gasteiger partial charge in [0.1, 0.15) is 11.2 Å². The number of hydrogen-bond acceptors (Lipinski definition) is 4. The van der Waals surface area contributed by atoms with E-state index >= 15 is 0 Å². The van der Waals surface area contributed by atoms with Crippen molar-refractivity contribution in [3.63, 3.8) is 0 Å². The van der Waals surface area contributed by atoms with Crippen LogP contribution >= 0.6 is 0 Å². The predicted octanol–water partition coefficient (Wildman–Crippen LogP) is 4.38. The highest BCUT2D eigenvalue weighted by Crippen LogP contribution is 2.64. The van der Waals surface area contributed by atoms with Crippen molar-refractivity contribution in [1.82, 2.24) is 29.2 Å².